The average molecular weight is 353 g/mol. The van der Waals surface area contributed by atoms with Gasteiger partial charge >= 0.3 is 5.97 Å². The first-order valence-corrected chi connectivity index (χ1v) is 8.90. The Balaban J connectivity index is 1.57. The third-order valence-electron chi connectivity index (χ3n) is 4.75. The number of para-hydroxylation sites is 1. The van der Waals surface area contributed by atoms with Crippen molar-refractivity contribution in [3.8, 4) is 16.9 Å². The maximum atomic E-state index is 12.4. The Morgan fingerprint density at radius 3 is 2.35 bits per heavy atom. The molecule has 0 atom stereocenters. The molecule has 0 saturated carbocycles. The van der Waals surface area contributed by atoms with Crippen molar-refractivity contribution >= 4 is 11.9 Å². The SMILES string of the molecule is O=C(O)CC1CCN(C(=O)COc2ccccc2-c2ccccc2)CC1. The van der Waals surface area contributed by atoms with E-state index in [0.717, 1.165) is 24.0 Å². The number of amides is 1. The number of piperidine rings is 1. The Kier molecular flexibility index (Phi) is 5.89. The Morgan fingerprint density at radius 1 is 1.00 bits per heavy atom. The third kappa shape index (κ3) is 4.63. The first-order chi connectivity index (χ1) is 12.6. The molecule has 1 fully saturated rings. The predicted octanol–water partition coefficient (Wildman–Crippen LogP) is 3.45. The summed E-state index contributed by atoms with van der Waals surface area (Å²) in [5.41, 5.74) is 2.01. The van der Waals surface area contributed by atoms with Crippen LogP contribution in [0.15, 0.2) is 54.6 Å². The molecule has 0 bridgehead atoms. The lowest BCUT2D eigenvalue weighted by atomic mass is 9.93. The molecule has 5 nitrogen and oxygen atoms in total. The van der Waals surface area contributed by atoms with Crippen molar-refractivity contribution in [1.29, 1.82) is 0 Å². The summed E-state index contributed by atoms with van der Waals surface area (Å²) in [6, 6.07) is 17.6. The molecule has 26 heavy (non-hydrogen) atoms. The summed E-state index contributed by atoms with van der Waals surface area (Å²) < 4.78 is 5.81. The van der Waals surface area contributed by atoms with Crippen LogP contribution in [-0.4, -0.2) is 41.6 Å². The van der Waals surface area contributed by atoms with Gasteiger partial charge in [0.05, 0.1) is 0 Å². The summed E-state index contributed by atoms with van der Waals surface area (Å²) in [5.74, 6) is 0.0290. The van der Waals surface area contributed by atoms with Crippen LogP contribution in [0.1, 0.15) is 19.3 Å². The normalized spacial score (nSPS) is 14.8. The molecule has 0 aromatic heterocycles. The van der Waals surface area contributed by atoms with E-state index in [1.807, 2.05) is 54.6 Å². The first kappa shape index (κ1) is 18.0. The number of hydrogen-bond donors (Lipinski definition) is 1. The molecule has 2 aromatic carbocycles. The van der Waals surface area contributed by atoms with Gasteiger partial charge in [-0.25, -0.2) is 0 Å². The van der Waals surface area contributed by atoms with E-state index in [1.54, 1.807) is 4.90 Å². The van der Waals surface area contributed by atoms with Gasteiger partial charge in [0.15, 0.2) is 6.61 Å². The lowest BCUT2D eigenvalue weighted by Gasteiger charge is -2.31. The number of hydrogen-bond acceptors (Lipinski definition) is 3. The van der Waals surface area contributed by atoms with Crippen LogP contribution < -0.4 is 4.74 Å². The van der Waals surface area contributed by atoms with Crippen LogP contribution in [0.25, 0.3) is 11.1 Å². The van der Waals surface area contributed by atoms with Crippen LogP contribution in [-0.2, 0) is 9.59 Å². The molecule has 1 aliphatic rings. The minimum Gasteiger partial charge on any atom is -0.483 e. The highest BCUT2D eigenvalue weighted by atomic mass is 16.5. The molecule has 136 valence electrons. The van der Waals surface area contributed by atoms with Crippen LogP contribution in [0.3, 0.4) is 0 Å². The van der Waals surface area contributed by atoms with E-state index in [0.29, 0.717) is 18.8 Å². The topological polar surface area (TPSA) is 66.8 Å². The molecule has 0 radical (unpaired) electrons. The molecular formula is C21H23NO4. The standard InChI is InChI=1S/C21H23NO4/c23-20(22-12-10-16(11-13-22)14-21(24)25)15-26-19-9-5-4-8-18(19)17-6-2-1-3-7-17/h1-9,16H,10-15H2,(H,24,25). The molecule has 0 unspecified atom stereocenters. The number of carboxylic acid groups (broad SMARTS) is 1. The lowest BCUT2D eigenvalue weighted by Crippen LogP contribution is -2.41. The second-order valence-corrected chi connectivity index (χ2v) is 6.57. The molecule has 1 heterocycles. The largest absolute Gasteiger partial charge is 0.483 e. The molecule has 3 rings (SSSR count). The average Bonchev–Trinajstić information content (AvgIpc) is 2.67. The van der Waals surface area contributed by atoms with E-state index in [9.17, 15) is 9.59 Å². The van der Waals surface area contributed by atoms with Crippen molar-refractivity contribution in [2.75, 3.05) is 19.7 Å². The summed E-state index contributed by atoms with van der Waals surface area (Å²) in [6.07, 6.45) is 1.65. The van der Waals surface area contributed by atoms with E-state index in [2.05, 4.69) is 0 Å². The van der Waals surface area contributed by atoms with E-state index >= 15 is 0 Å². The summed E-state index contributed by atoms with van der Waals surface area (Å²) in [4.78, 5) is 25.0. The van der Waals surface area contributed by atoms with Gasteiger partial charge in [0, 0.05) is 25.1 Å². The fourth-order valence-corrected chi connectivity index (χ4v) is 3.31. The smallest absolute Gasteiger partial charge is 0.303 e. The minimum absolute atomic E-state index is 0.00650. The highest BCUT2D eigenvalue weighted by molar-refractivity contribution is 5.78. The maximum Gasteiger partial charge on any atom is 0.303 e. The zero-order valence-corrected chi connectivity index (χ0v) is 14.6. The number of aliphatic carboxylic acids is 1. The monoisotopic (exact) mass is 353 g/mol. The van der Waals surface area contributed by atoms with Crippen molar-refractivity contribution in [3.63, 3.8) is 0 Å². The van der Waals surface area contributed by atoms with Gasteiger partial charge in [-0.2, -0.15) is 0 Å². The van der Waals surface area contributed by atoms with E-state index in [1.165, 1.54) is 0 Å². The highest BCUT2D eigenvalue weighted by Crippen LogP contribution is 2.29. The summed E-state index contributed by atoms with van der Waals surface area (Å²) in [5, 5.41) is 8.87. The van der Waals surface area contributed by atoms with E-state index < -0.39 is 5.97 Å². The molecule has 0 spiro atoms. The van der Waals surface area contributed by atoms with Gasteiger partial charge in [0.1, 0.15) is 5.75 Å². The molecule has 2 aromatic rings. The third-order valence-corrected chi connectivity index (χ3v) is 4.75. The maximum absolute atomic E-state index is 12.4. The molecule has 1 saturated heterocycles. The first-order valence-electron chi connectivity index (χ1n) is 8.90. The lowest BCUT2D eigenvalue weighted by molar-refractivity contribution is -0.139. The van der Waals surface area contributed by atoms with Crippen LogP contribution in [0.2, 0.25) is 0 Å². The van der Waals surface area contributed by atoms with E-state index in [-0.39, 0.29) is 24.9 Å². The summed E-state index contributed by atoms with van der Waals surface area (Å²) in [7, 11) is 0. The van der Waals surface area contributed by atoms with Gasteiger partial charge in [0.2, 0.25) is 0 Å². The summed E-state index contributed by atoms with van der Waals surface area (Å²) >= 11 is 0. The quantitative estimate of drug-likeness (QED) is 0.864. The number of benzene rings is 2. The molecule has 1 N–H and O–H groups in total. The van der Waals surface area contributed by atoms with Crippen molar-refractivity contribution < 1.29 is 19.4 Å². The fourth-order valence-electron chi connectivity index (χ4n) is 3.31. The number of carbonyl (C=O) groups is 2. The Labute approximate surface area is 153 Å². The second kappa shape index (κ2) is 8.52. The zero-order valence-electron chi connectivity index (χ0n) is 14.6. The number of ether oxygens (including phenoxy) is 1. The Bertz CT molecular complexity index is 752. The van der Waals surface area contributed by atoms with Crippen molar-refractivity contribution in [2.45, 2.75) is 19.3 Å². The van der Waals surface area contributed by atoms with Crippen LogP contribution in [0.4, 0.5) is 0 Å². The Morgan fingerprint density at radius 2 is 1.65 bits per heavy atom. The molecule has 5 heteroatoms. The second-order valence-electron chi connectivity index (χ2n) is 6.57. The molecular weight excluding hydrogens is 330 g/mol. The van der Waals surface area contributed by atoms with Crippen LogP contribution >= 0.6 is 0 Å². The van der Waals surface area contributed by atoms with Crippen molar-refractivity contribution in [3.05, 3.63) is 54.6 Å². The molecule has 1 amide bonds. The van der Waals surface area contributed by atoms with Crippen molar-refractivity contribution in [2.24, 2.45) is 5.92 Å². The zero-order chi connectivity index (χ0) is 18.4. The number of carbonyl (C=O) groups excluding carboxylic acids is 1. The molecule has 0 aliphatic carbocycles. The number of carboxylic acids is 1. The van der Waals surface area contributed by atoms with Crippen LogP contribution in [0, 0.1) is 5.92 Å². The molecule has 1 aliphatic heterocycles. The predicted molar refractivity (Wildman–Crippen MR) is 98.9 cm³/mol. The number of rotatable bonds is 6. The van der Waals surface area contributed by atoms with Gasteiger partial charge < -0.3 is 14.7 Å². The fraction of sp³-hybridized carbons (Fsp3) is 0.333. The van der Waals surface area contributed by atoms with Crippen LogP contribution in [0.5, 0.6) is 5.75 Å². The van der Waals surface area contributed by atoms with Gasteiger partial charge in [-0.15, -0.1) is 0 Å². The van der Waals surface area contributed by atoms with E-state index in [4.69, 9.17) is 9.84 Å². The summed E-state index contributed by atoms with van der Waals surface area (Å²) in [6.45, 7) is 1.19. The van der Waals surface area contributed by atoms with Gasteiger partial charge in [-0.1, -0.05) is 48.5 Å². The van der Waals surface area contributed by atoms with Gasteiger partial charge in [-0.3, -0.25) is 9.59 Å². The number of likely N-dealkylation sites (tertiary alicyclic amines) is 1. The van der Waals surface area contributed by atoms with Gasteiger partial charge in [-0.05, 0) is 30.4 Å². The highest BCUT2D eigenvalue weighted by Gasteiger charge is 2.24. The number of nitrogens with zero attached hydrogens (tertiary/aromatic N) is 1. The minimum atomic E-state index is -0.768. The van der Waals surface area contributed by atoms with Gasteiger partial charge in [0.25, 0.3) is 5.91 Å². The van der Waals surface area contributed by atoms with Crippen molar-refractivity contribution in [1.82, 2.24) is 4.90 Å². The Hall–Kier alpha value is -2.82.